The smallest absolute Gasteiger partial charge is 0.0363 e. The number of nitrogens with one attached hydrogen (secondary N) is 1. The van der Waals surface area contributed by atoms with E-state index in [0.717, 1.165) is 25.6 Å². The Morgan fingerprint density at radius 3 is 2.83 bits per heavy atom. The molecule has 1 unspecified atom stereocenters. The van der Waals surface area contributed by atoms with Gasteiger partial charge in [-0.2, -0.15) is 0 Å². The van der Waals surface area contributed by atoms with Gasteiger partial charge in [-0.15, -0.1) is 0 Å². The maximum Gasteiger partial charge on any atom is 0.0363 e. The van der Waals surface area contributed by atoms with Crippen molar-refractivity contribution in [2.24, 2.45) is 5.92 Å². The van der Waals surface area contributed by atoms with Gasteiger partial charge in [-0.25, -0.2) is 0 Å². The highest BCUT2D eigenvalue weighted by molar-refractivity contribution is 5.18. The van der Waals surface area contributed by atoms with Gasteiger partial charge in [0, 0.05) is 25.0 Å². The van der Waals surface area contributed by atoms with E-state index in [2.05, 4.69) is 54.3 Å². The third-order valence-corrected chi connectivity index (χ3v) is 3.67. The topological polar surface area (TPSA) is 20.2 Å². The lowest BCUT2D eigenvalue weighted by atomic mass is 10.1. The fourth-order valence-electron chi connectivity index (χ4n) is 2.56. The first-order valence-corrected chi connectivity index (χ1v) is 7.24. The van der Waals surface area contributed by atoms with Crippen molar-refractivity contribution in [1.29, 1.82) is 0 Å². The molecular weight excluding hydrogens is 222 g/mol. The molecule has 1 aliphatic carbocycles. The van der Waals surface area contributed by atoms with Crippen LogP contribution in [0.15, 0.2) is 18.5 Å². The number of hydrogen-bond donors (Lipinski definition) is 1. The molecule has 0 amide bonds. The Balaban J connectivity index is 1.87. The molecule has 0 bridgehead atoms. The molecule has 1 aromatic heterocycles. The van der Waals surface area contributed by atoms with Crippen LogP contribution in [0.4, 0.5) is 0 Å². The number of aromatic nitrogens is 1. The molecule has 1 fully saturated rings. The Labute approximate surface area is 111 Å². The molecule has 1 N–H and O–H groups in total. The Kier molecular flexibility index (Phi) is 4.84. The summed E-state index contributed by atoms with van der Waals surface area (Å²) in [4.78, 5) is 2.25. The first-order chi connectivity index (χ1) is 8.70. The molecule has 0 aromatic carbocycles. The summed E-state index contributed by atoms with van der Waals surface area (Å²) in [6.45, 7) is 5.55. The molecule has 1 atom stereocenters. The monoisotopic (exact) mass is 249 g/mol. The standard InChI is InChI=1S/C15H27N3/c1-4-16-15(13-6-7-13)14-8-11-18(12-14)10-5-9-17(2)3/h8,11-13,15-16H,4-7,9-10H2,1-3H3. The minimum Gasteiger partial charge on any atom is -0.354 e. The van der Waals surface area contributed by atoms with Crippen LogP contribution in [0.3, 0.4) is 0 Å². The van der Waals surface area contributed by atoms with Crippen LogP contribution in [-0.2, 0) is 6.54 Å². The Hall–Kier alpha value is -0.800. The van der Waals surface area contributed by atoms with Crippen LogP contribution in [0.2, 0.25) is 0 Å². The van der Waals surface area contributed by atoms with Crippen molar-refractivity contribution in [2.75, 3.05) is 27.2 Å². The zero-order chi connectivity index (χ0) is 13.0. The van der Waals surface area contributed by atoms with Crippen LogP contribution in [0, 0.1) is 5.92 Å². The van der Waals surface area contributed by atoms with E-state index >= 15 is 0 Å². The maximum atomic E-state index is 3.63. The molecule has 3 heteroatoms. The average Bonchev–Trinajstić information content (AvgIpc) is 3.06. The lowest BCUT2D eigenvalue weighted by molar-refractivity contribution is 0.386. The van der Waals surface area contributed by atoms with Crippen LogP contribution in [0.25, 0.3) is 0 Å². The normalized spacial score (nSPS) is 17.3. The third kappa shape index (κ3) is 3.85. The second kappa shape index (κ2) is 6.39. The van der Waals surface area contributed by atoms with E-state index in [1.165, 1.54) is 24.8 Å². The summed E-state index contributed by atoms with van der Waals surface area (Å²) in [5.41, 5.74) is 1.48. The van der Waals surface area contributed by atoms with E-state index in [4.69, 9.17) is 0 Å². The highest BCUT2D eigenvalue weighted by Gasteiger charge is 2.31. The number of aryl methyl sites for hydroxylation is 1. The predicted molar refractivity (Wildman–Crippen MR) is 76.7 cm³/mol. The van der Waals surface area contributed by atoms with Crippen LogP contribution in [0.5, 0.6) is 0 Å². The largest absolute Gasteiger partial charge is 0.354 e. The summed E-state index contributed by atoms with van der Waals surface area (Å²) >= 11 is 0. The number of hydrogen-bond acceptors (Lipinski definition) is 2. The predicted octanol–water partition coefficient (Wildman–Crippen LogP) is 2.50. The fourth-order valence-corrected chi connectivity index (χ4v) is 2.56. The number of nitrogens with zero attached hydrogens (tertiary/aromatic N) is 2. The zero-order valence-electron chi connectivity index (χ0n) is 12.0. The molecule has 2 rings (SSSR count). The molecule has 0 spiro atoms. The van der Waals surface area contributed by atoms with Crippen LogP contribution in [0.1, 0.15) is 37.8 Å². The molecule has 102 valence electrons. The zero-order valence-corrected chi connectivity index (χ0v) is 12.0. The fraction of sp³-hybridized carbons (Fsp3) is 0.733. The summed E-state index contributed by atoms with van der Waals surface area (Å²) in [5, 5.41) is 3.63. The molecule has 1 heterocycles. The van der Waals surface area contributed by atoms with Gasteiger partial charge >= 0.3 is 0 Å². The van der Waals surface area contributed by atoms with Crippen molar-refractivity contribution in [3.8, 4) is 0 Å². The van der Waals surface area contributed by atoms with E-state index in [1.807, 2.05) is 0 Å². The Morgan fingerprint density at radius 2 is 2.22 bits per heavy atom. The summed E-state index contributed by atoms with van der Waals surface area (Å²) in [5.74, 6) is 0.877. The SMILES string of the molecule is CCNC(c1ccn(CCCN(C)C)c1)C1CC1. The van der Waals surface area contributed by atoms with Gasteiger partial charge in [-0.1, -0.05) is 6.92 Å². The van der Waals surface area contributed by atoms with Crippen LogP contribution in [-0.4, -0.2) is 36.7 Å². The van der Waals surface area contributed by atoms with E-state index in [-0.39, 0.29) is 0 Å². The highest BCUT2D eigenvalue weighted by atomic mass is 15.1. The maximum absolute atomic E-state index is 3.63. The second-order valence-electron chi connectivity index (χ2n) is 5.71. The molecule has 18 heavy (non-hydrogen) atoms. The Morgan fingerprint density at radius 1 is 1.44 bits per heavy atom. The van der Waals surface area contributed by atoms with Gasteiger partial charge < -0.3 is 14.8 Å². The van der Waals surface area contributed by atoms with Crippen molar-refractivity contribution in [3.63, 3.8) is 0 Å². The second-order valence-corrected chi connectivity index (χ2v) is 5.71. The minimum atomic E-state index is 0.588. The van der Waals surface area contributed by atoms with Crippen LogP contribution >= 0.6 is 0 Å². The molecule has 0 saturated heterocycles. The van der Waals surface area contributed by atoms with Crippen molar-refractivity contribution < 1.29 is 0 Å². The first kappa shape index (κ1) is 13.6. The molecule has 0 radical (unpaired) electrons. The summed E-state index contributed by atoms with van der Waals surface area (Å²) in [7, 11) is 4.27. The van der Waals surface area contributed by atoms with Gasteiger partial charge in [0.25, 0.3) is 0 Å². The number of rotatable bonds is 8. The minimum absolute atomic E-state index is 0.588. The lowest BCUT2D eigenvalue weighted by Gasteiger charge is -2.15. The van der Waals surface area contributed by atoms with Gasteiger partial charge in [0.2, 0.25) is 0 Å². The van der Waals surface area contributed by atoms with Gasteiger partial charge in [0.15, 0.2) is 0 Å². The van der Waals surface area contributed by atoms with E-state index in [1.54, 1.807) is 0 Å². The summed E-state index contributed by atoms with van der Waals surface area (Å²) < 4.78 is 2.34. The van der Waals surface area contributed by atoms with Gasteiger partial charge in [0.05, 0.1) is 0 Å². The van der Waals surface area contributed by atoms with E-state index in [0.29, 0.717) is 6.04 Å². The van der Waals surface area contributed by atoms with Crippen molar-refractivity contribution >= 4 is 0 Å². The van der Waals surface area contributed by atoms with Crippen molar-refractivity contribution in [1.82, 2.24) is 14.8 Å². The van der Waals surface area contributed by atoms with Gasteiger partial charge in [-0.05, 0) is 64.0 Å². The highest BCUT2D eigenvalue weighted by Crippen LogP contribution is 2.40. The molecule has 0 aliphatic heterocycles. The molecule has 1 aliphatic rings. The van der Waals surface area contributed by atoms with E-state index < -0.39 is 0 Å². The van der Waals surface area contributed by atoms with Crippen molar-refractivity contribution in [3.05, 3.63) is 24.0 Å². The van der Waals surface area contributed by atoms with E-state index in [9.17, 15) is 0 Å². The lowest BCUT2D eigenvalue weighted by Crippen LogP contribution is -2.22. The quantitative estimate of drug-likeness (QED) is 0.764. The molecule has 3 nitrogen and oxygen atoms in total. The van der Waals surface area contributed by atoms with Gasteiger partial charge in [-0.3, -0.25) is 0 Å². The first-order valence-electron chi connectivity index (χ1n) is 7.24. The van der Waals surface area contributed by atoms with Gasteiger partial charge in [0.1, 0.15) is 0 Å². The third-order valence-electron chi connectivity index (χ3n) is 3.67. The van der Waals surface area contributed by atoms with Crippen LogP contribution < -0.4 is 5.32 Å². The van der Waals surface area contributed by atoms with Crippen molar-refractivity contribution in [2.45, 2.75) is 38.8 Å². The molecule has 1 aromatic rings. The molecular formula is C15H27N3. The Bertz CT molecular complexity index is 352. The summed E-state index contributed by atoms with van der Waals surface area (Å²) in [6.07, 6.45) is 8.57. The molecule has 1 saturated carbocycles. The summed E-state index contributed by atoms with van der Waals surface area (Å²) in [6, 6.07) is 2.88. The average molecular weight is 249 g/mol.